The van der Waals surface area contributed by atoms with Crippen molar-refractivity contribution in [3.05, 3.63) is 53.9 Å². The number of nitrogens with zero attached hydrogens (tertiary/aromatic N) is 1. The molecule has 1 aromatic carbocycles. The zero-order valence-electron chi connectivity index (χ0n) is 14.1. The first-order valence-electron chi connectivity index (χ1n) is 8.63. The monoisotopic (exact) mass is 363 g/mol. The van der Waals surface area contributed by atoms with Gasteiger partial charge in [0.15, 0.2) is 0 Å². The number of carbonyl (C=O) groups is 1. The summed E-state index contributed by atoms with van der Waals surface area (Å²) in [5.74, 6) is -0.301. The van der Waals surface area contributed by atoms with Crippen LogP contribution in [-0.2, 0) is 6.18 Å². The number of aromatic nitrogens is 1. The van der Waals surface area contributed by atoms with E-state index < -0.39 is 11.7 Å². The molecule has 0 bridgehead atoms. The van der Waals surface area contributed by atoms with Gasteiger partial charge in [0.05, 0.1) is 11.3 Å². The number of carbonyl (C=O) groups excluding carboxylic acids is 1. The Kier molecular flexibility index (Phi) is 5.44. The summed E-state index contributed by atoms with van der Waals surface area (Å²) in [4.78, 5) is 16.4. The predicted molar refractivity (Wildman–Crippen MR) is 93.3 cm³/mol. The van der Waals surface area contributed by atoms with E-state index in [0.717, 1.165) is 31.7 Å². The average molecular weight is 363 g/mol. The molecule has 138 valence electrons. The number of halogens is 3. The number of hydrogen-bond acceptors (Lipinski definition) is 3. The molecule has 0 aliphatic heterocycles. The summed E-state index contributed by atoms with van der Waals surface area (Å²) in [6.07, 6.45) is 2.21. The first-order chi connectivity index (χ1) is 12.4. The third-order valence-electron chi connectivity index (χ3n) is 4.44. The molecule has 2 N–H and O–H groups in total. The molecule has 1 amide bonds. The van der Waals surface area contributed by atoms with Gasteiger partial charge in [0.1, 0.15) is 5.69 Å². The van der Waals surface area contributed by atoms with Crippen molar-refractivity contribution in [1.29, 1.82) is 0 Å². The molecular weight excluding hydrogens is 343 g/mol. The minimum Gasteiger partial charge on any atom is -0.355 e. The minimum absolute atomic E-state index is 0.0650. The van der Waals surface area contributed by atoms with Crippen LogP contribution in [-0.4, -0.2) is 16.9 Å². The highest BCUT2D eigenvalue weighted by Gasteiger charge is 2.33. The van der Waals surface area contributed by atoms with E-state index in [4.69, 9.17) is 0 Å². The molecule has 0 spiro atoms. The smallest absolute Gasteiger partial charge is 0.355 e. The van der Waals surface area contributed by atoms with Crippen LogP contribution in [0.2, 0.25) is 0 Å². The fraction of sp³-hybridized carbons (Fsp3) is 0.368. The second kappa shape index (κ2) is 7.76. The highest BCUT2D eigenvalue weighted by molar-refractivity contribution is 5.93. The normalized spacial score (nSPS) is 15.5. The van der Waals surface area contributed by atoms with Crippen LogP contribution in [0.5, 0.6) is 0 Å². The largest absolute Gasteiger partial charge is 0.418 e. The molecule has 0 atom stereocenters. The lowest BCUT2D eigenvalue weighted by atomic mass is 9.95. The molecule has 0 radical (unpaired) electrons. The van der Waals surface area contributed by atoms with Crippen molar-refractivity contribution >= 4 is 17.3 Å². The van der Waals surface area contributed by atoms with E-state index in [1.807, 2.05) is 0 Å². The molecule has 3 rings (SSSR count). The predicted octanol–water partition coefficient (Wildman–Crippen LogP) is 4.91. The van der Waals surface area contributed by atoms with Gasteiger partial charge in [-0.05, 0) is 37.1 Å². The first-order valence-corrected chi connectivity index (χ1v) is 8.63. The molecule has 0 unspecified atom stereocenters. The van der Waals surface area contributed by atoms with Gasteiger partial charge in [-0.1, -0.05) is 31.4 Å². The Bertz CT molecular complexity index is 771. The van der Waals surface area contributed by atoms with E-state index in [-0.39, 0.29) is 23.3 Å². The van der Waals surface area contributed by atoms with Crippen LogP contribution < -0.4 is 10.6 Å². The van der Waals surface area contributed by atoms with Crippen LogP contribution in [0.3, 0.4) is 0 Å². The molecule has 4 nitrogen and oxygen atoms in total. The Morgan fingerprint density at radius 2 is 1.81 bits per heavy atom. The minimum atomic E-state index is -4.46. The zero-order chi connectivity index (χ0) is 18.6. The van der Waals surface area contributed by atoms with E-state index in [2.05, 4.69) is 15.6 Å². The van der Waals surface area contributed by atoms with Crippen LogP contribution in [0.1, 0.15) is 48.2 Å². The van der Waals surface area contributed by atoms with Gasteiger partial charge < -0.3 is 10.6 Å². The summed E-state index contributed by atoms with van der Waals surface area (Å²) in [7, 11) is 0. The second-order valence-corrected chi connectivity index (χ2v) is 6.41. The van der Waals surface area contributed by atoms with Crippen molar-refractivity contribution in [2.24, 2.45) is 0 Å². The molecule has 1 saturated carbocycles. The number of anilines is 2. The fourth-order valence-corrected chi connectivity index (χ4v) is 3.13. The number of benzene rings is 1. The molecular formula is C19H20F3N3O. The Morgan fingerprint density at radius 1 is 1.08 bits per heavy atom. The van der Waals surface area contributed by atoms with Crippen molar-refractivity contribution in [3.63, 3.8) is 0 Å². The maximum atomic E-state index is 13.1. The number of nitrogens with one attached hydrogen (secondary N) is 2. The van der Waals surface area contributed by atoms with E-state index in [1.165, 1.54) is 42.9 Å². The first kappa shape index (κ1) is 18.2. The molecule has 7 heteroatoms. The summed E-state index contributed by atoms with van der Waals surface area (Å²) < 4.78 is 39.3. The van der Waals surface area contributed by atoms with E-state index in [0.29, 0.717) is 5.69 Å². The summed E-state index contributed by atoms with van der Waals surface area (Å²) in [6, 6.07) is 8.36. The number of rotatable bonds is 4. The molecule has 1 fully saturated rings. The van der Waals surface area contributed by atoms with Gasteiger partial charge in [0.2, 0.25) is 0 Å². The van der Waals surface area contributed by atoms with Gasteiger partial charge in [0, 0.05) is 17.9 Å². The summed E-state index contributed by atoms with van der Waals surface area (Å²) >= 11 is 0. The van der Waals surface area contributed by atoms with Crippen molar-refractivity contribution in [1.82, 2.24) is 10.3 Å². The molecule has 1 aliphatic carbocycles. The molecule has 1 aromatic heterocycles. The van der Waals surface area contributed by atoms with Crippen LogP contribution in [0.15, 0.2) is 42.6 Å². The number of amides is 1. The molecule has 26 heavy (non-hydrogen) atoms. The summed E-state index contributed by atoms with van der Waals surface area (Å²) in [6.45, 7) is 0. The van der Waals surface area contributed by atoms with Gasteiger partial charge >= 0.3 is 6.18 Å². The number of para-hydroxylation sites is 1. The standard InChI is InChI=1S/C19H20F3N3O/c20-19(21,22)15-8-4-5-9-16(15)24-14-10-11-23-17(12-14)18(26)25-13-6-2-1-3-7-13/h4-5,8-13H,1-3,6-7H2,(H,23,24)(H,25,26). The third-order valence-corrected chi connectivity index (χ3v) is 4.44. The van der Waals surface area contributed by atoms with Gasteiger partial charge in [-0.2, -0.15) is 13.2 Å². The quantitative estimate of drug-likeness (QED) is 0.812. The van der Waals surface area contributed by atoms with Gasteiger partial charge in [-0.3, -0.25) is 9.78 Å². The lowest BCUT2D eigenvalue weighted by molar-refractivity contribution is -0.136. The van der Waals surface area contributed by atoms with Crippen molar-refractivity contribution in [2.75, 3.05) is 5.32 Å². The third kappa shape index (κ3) is 4.53. The van der Waals surface area contributed by atoms with E-state index >= 15 is 0 Å². The Balaban J connectivity index is 1.75. The zero-order valence-corrected chi connectivity index (χ0v) is 14.1. The van der Waals surface area contributed by atoms with Crippen LogP contribution in [0.25, 0.3) is 0 Å². The van der Waals surface area contributed by atoms with Crippen LogP contribution in [0.4, 0.5) is 24.5 Å². The molecule has 1 heterocycles. The SMILES string of the molecule is O=C(NC1CCCCC1)c1cc(Nc2ccccc2C(F)(F)F)ccn1. The molecule has 1 aliphatic rings. The maximum Gasteiger partial charge on any atom is 0.418 e. The van der Waals surface area contributed by atoms with Crippen LogP contribution >= 0.6 is 0 Å². The van der Waals surface area contributed by atoms with Gasteiger partial charge in [0.25, 0.3) is 5.91 Å². The summed E-state index contributed by atoms with van der Waals surface area (Å²) in [5.41, 5.74) is -0.259. The van der Waals surface area contributed by atoms with Crippen LogP contribution in [0, 0.1) is 0 Å². The van der Waals surface area contributed by atoms with E-state index in [9.17, 15) is 18.0 Å². The fourth-order valence-electron chi connectivity index (χ4n) is 3.13. The molecule has 0 saturated heterocycles. The summed E-state index contributed by atoms with van der Waals surface area (Å²) in [5, 5.41) is 5.69. The topological polar surface area (TPSA) is 54.0 Å². The number of alkyl halides is 3. The average Bonchev–Trinajstić information content (AvgIpc) is 2.62. The Morgan fingerprint density at radius 3 is 2.54 bits per heavy atom. The van der Waals surface area contributed by atoms with Gasteiger partial charge in [-0.15, -0.1) is 0 Å². The van der Waals surface area contributed by atoms with Crippen molar-refractivity contribution in [2.45, 2.75) is 44.3 Å². The highest BCUT2D eigenvalue weighted by Crippen LogP contribution is 2.35. The Labute approximate surface area is 149 Å². The van der Waals surface area contributed by atoms with Gasteiger partial charge in [-0.25, -0.2) is 0 Å². The number of pyridine rings is 1. The molecule has 2 aromatic rings. The lowest BCUT2D eigenvalue weighted by Crippen LogP contribution is -2.36. The maximum absolute atomic E-state index is 13.1. The highest BCUT2D eigenvalue weighted by atomic mass is 19.4. The second-order valence-electron chi connectivity index (χ2n) is 6.41. The van der Waals surface area contributed by atoms with E-state index in [1.54, 1.807) is 0 Å². The van der Waals surface area contributed by atoms with Crippen molar-refractivity contribution < 1.29 is 18.0 Å². The Hall–Kier alpha value is -2.57. The number of hydrogen-bond donors (Lipinski definition) is 2. The van der Waals surface area contributed by atoms with Crippen molar-refractivity contribution in [3.8, 4) is 0 Å². The lowest BCUT2D eigenvalue weighted by Gasteiger charge is -2.22.